The molecule has 1 aromatic carbocycles. The van der Waals surface area contributed by atoms with Gasteiger partial charge in [0.1, 0.15) is 5.75 Å². The van der Waals surface area contributed by atoms with Crippen LogP contribution in [-0.4, -0.2) is 23.9 Å². The summed E-state index contributed by atoms with van der Waals surface area (Å²) >= 11 is 0. The van der Waals surface area contributed by atoms with Crippen molar-refractivity contribution in [3.63, 3.8) is 0 Å². The van der Waals surface area contributed by atoms with Crippen LogP contribution in [0.4, 0.5) is 0 Å². The summed E-state index contributed by atoms with van der Waals surface area (Å²) in [6.45, 7) is 5.25. The Morgan fingerprint density at radius 2 is 2.21 bits per heavy atom. The van der Waals surface area contributed by atoms with Crippen LogP contribution in [0.1, 0.15) is 51.1 Å². The van der Waals surface area contributed by atoms with Gasteiger partial charge in [-0.05, 0) is 38.7 Å². The van der Waals surface area contributed by atoms with Crippen LogP contribution in [0.15, 0.2) is 24.3 Å². The number of aromatic hydroxyl groups is 1. The summed E-state index contributed by atoms with van der Waals surface area (Å²) in [7, 11) is 0. The molecule has 0 amide bonds. The summed E-state index contributed by atoms with van der Waals surface area (Å²) in [5, 5.41) is 13.6. The molecule has 0 bridgehead atoms. The lowest BCUT2D eigenvalue weighted by Gasteiger charge is -2.25. The topological polar surface area (TPSA) is 41.5 Å². The standard InChI is InChI=1S/C16H25NO2/c1-3-15(14-8-4-5-9-16(14)18)17-12(2)11-13-7-6-10-19-13/h4-5,8-9,12-13,15,17-18H,3,6-7,10-11H2,1-2H3/t12-,13-,15-/m0/s1. The minimum absolute atomic E-state index is 0.206. The van der Waals surface area contributed by atoms with Gasteiger partial charge in [0.2, 0.25) is 0 Å². The van der Waals surface area contributed by atoms with Crippen molar-refractivity contribution in [2.24, 2.45) is 0 Å². The van der Waals surface area contributed by atoms with Gasteiger partial charge in [0.05, 0.1) is 6.10 Å². The van der Waals surface area contributed by atoms with Gasteiger partial charge in [-0.3, -0.25) is 0 Å². The van der Waals surface area contributed by atoms with Crippen LogP contribution in [0.5, 0.6) is 5.75 Å². The Hall–Kier alpha value is -1.06. The highest BCUT2D eigenvalue weighted by molar-refractivity contribution is 5.34. The monoisotopic (exact) mass is 263 g/mol. The molecule has 3 atom stereocenters. The van der Waals surface area contributed by atoms with E-state index in [1.165, 1.54) is 12.8 Å². The van der Waals surface area contributed by atoms with Gasteiger partial charge in [-0.2, -0.15) is 0 Å². The van der Waals surface area contributed by atoms with Crippen LogP contribution in [0.25, 0.3) is 0 Å². The SMILES string of the molecule is CC[C@H](N[C@@H](C)C[C@@H]1CCCO1)c1ccccc1O. The Morgan fingerprint density at radius 3 is 2.84 bits per heavy atom. The van der Waals surface area contributed by atoms with E-state index in [9.17, 15) is 5.11 Å². The van der Waals surface area contributed by atoms with Crippen LogP contribution in [-0.2, 0) is 4.74 Å². The maximum atomic E-state index is 9.94. The number of rotatable bonds is 6. The lowest BCUT2D eigenvalue weighted by molar-refractivity contribution is 0.0948. The van der Waals surface area contributed by atoms with Crippen molar-refractivity contribution >= 4 is 0 Å². The molecular formula is C16H25NO2. The molecule has 1 aromatic rings. The van der Waals surface area contributed by atoms with E-state index in [1.807, 2.05) is 18.2 Å². The molecule has 2 rings (SSSR count). The van der Waals surface area contributed by atoms with E-state index in [1.54, 1.807) is 6.07 Å². The van der Waals surface area contributed by atoms with Crippen LogP contribution >= 0.6 is 0 Å². The fraction of sp³-hybridized carbons (Fsp3) is 0.625. The summed E-state index contributed by atoms with van der Waals surface area (Å²) in [6.07, 6.45) is 4.79. The number of hydrogen-bond donors (Lipinski definition) is 2. The number of phenols is 1. The molecule has 0 saturated carbocycles. The molecule has 1 aliphatic heterocycles. The average molecular weight is 263 g/mol. The van der Waals surface area contributed by atoms with Crippen LogP contribution in [0, 0.1) is 0 Å². The van der Waals surface area contributed by atoms with Gasteiger partial charge in [0.25, 0.3) is 0 Å². The molecule has 106 valence electrons. The smallest absolute Gasteiger partial charge is 0.120 e. The molecule has 1 aliphatic rings. The minimum Gasteiger partial charge on any atom is -0.508 e. The fourth-order valence-corrected chi connectivity index (χ4v) is 2.85. The number of hydrogen-bond acceptors (Lipinski definition) is 3. The fourth-order valence-electron chi connectivity index (χ4n) is 2.85. The molecule has 2 N–H and O–H groups in total. The molecule has 0 spiro atoms. The number of para-hydroxylation sites is 1. The van der Waals surface area contributed by atoms with E-state index in [0.717, 1.165) is 25.0 Å². The zero-order valence-corrected chi connectivity index (χ0v) is 11.9. The first-order valence-electron chi connectivity index (χ1n) is 7.36. The quantitative estimate of drug-likeness (QED) is 0.826. The van der Waals surface area contributed by atoms with Gasteiger partial charge < -0.3 is 15.2 Å². The Bertz CT molecular complexity index is 388. The number of ether oxygens (including phenoxy) is 1. The van der Waals surface area contributed by atoms with E-state index in [-0.39, 0.29) is 6.04 Å². The van der Waals surface area contributed by atoms with Gasteiger partial charge in [0, 0.05) is 24.3 Å². The summed E-state index contributed by atoms with van der Waals surface area (Å²) in [5.41, 5.74) is 0.990. The molecule has 1 fully saturated rings. The van der Waals surface area contributed by atoms with E-state index in [0.29, 0.717) is 17.9 Å². The van der Waals surface area contributed by atoms with Crippen molar-refractivity contribution in [2.75, 3.05) is 6.61 Å². The van der Waals surface area contributed by atoms with Crippen LogP contribution in [0.2, 0.25) is 0 Å². The normalized spacial score (nSPS) is 22.3. The third kappa shape index (κ3) is 3.95. The second-order valence-corrected chi connectivity index (χ2v) is 5.46. The maximum Gasteiger partial charge on any atom is 0.120 e. The molecule has 0 radical (unpaired) electrons. The maximum absolute atomic E-state index is 9.94. The van der Waals surface area contributed by atoms with Crippen molar-refractivity contribution < 1.29 is 9.84 Å². The third-order valence-corrected chi connectivity index (χ3v) is 3.85. The Kier molecular flexibility index (Phi) is 5.23. The van der Waals surface area contributed by atoms with E-state index in [4.69, 9.17) is 4.74 Å². The minimum atomic E-state index is 0.206. The summed E-state index contributed by atoms with van der Waals surface area (Å²) in [5.74, 6) is 0.381. The van der Waals surface area contributed by atoms with Crippen molar-refractivity contribution in [3.8, 4) is 5.75 Å². The summed E-state index contributed by atoms with van der Waals surface area (Å²) in [4.78, 5) is 0. The van der Waals surface area contributed by atoms with Gasteiger partial charge in [-0.15, -0.1) is 0 Å². The number of benzene rings is 1. The average Bonchev–Trinajstić information content (AvgIpc) is 2.89. The number of nitrogens with one attached hydrogen (secondary N) is 1. The first-order chi connectivity index (χ1) is 9.20. The molecule has 1 saturated heterocycles. The Morgan fingerprint density at radius 1 is 1.42 bits per heavy atom. The Balaban J connectivity index is 1.93. The van der Waals surface area contributed by atoms with E-state index in [2.05, 4.69) is 19.2 Å². The van der Waals surface area contributed by atoms with Crippen LogP contribution < -0.4 is 5.32 Å². The first kappa shape index (κ1) is 14.4. The van der Waals surface area contributed by atoms with E-state index < -0.39 is 0 Å². The third-order valence-electron chi connectivity index (χ3n) is 3.85. The predicted molar refractivity (Wildman–Crippen MR) is 77.3 cm³/mol. The molecule has 0 aromatic heterocycles. The second kappa shape index (κ2) is 6.92. The summed E-state index contributed by atoms with van der Waals surface area (Å²) in [6, 6.07) is 8.19. The zero-order valence-electron chi connectivity index (χ0n) is 11.9. The second-order valence-electron chi connectivity index (χ2n) is 5.46. The van der Waals surface area contributed by atoms with Crippen LogP contribution in [0.3, 0.4) is 0 Å². The lowest BCUT2D eigenvalue weighted by Crippen LogP contribution is -2.33. The van der Waals surface area contributed by atoms with Gasteiger partial charge in [-0.25, -0.2) is 0 Å². The molecule has 3 heteroatoms. The highest BCUT2D eigenvalue weighted by Gasteiger charge is 2.21. The lowest BCUT2D eigenvalue weighted by atomic mass is 10.0. The predicted octanol–water partition coefficient (Wildman–Crippen LogP) is 3.39. The molecular weight excluding hydrogens is 238 g/mol. The van der Waals surface area contributed by atoms with Crippen molar-refractivity contribution in [1.82, 2.24) is 5.32 Å². The Labute approximate surface area is 116 Å². The first-order valence-corrected chi connectivity index (χ1v) is 7.36. The molecule has 19 heavy (non-hydrogen) atoms. The van der Waals surface area contributed by atoms with Gasteiger partial charge in [-0.1, -0.05) is 25.1 Å². The van der Waals surface area contributed by atoms with Gasteiger partial charge in [0.15, 0.2) is 0 Å². The highest BCUT2D eigenvalue weighted by atomic mass is 16.5. The van der Waals surface area contributed by atoms with Crippen molar-refractivity contribution in [2.45, 2.75) is 57.7 Å². The van der Waals surface area contributed by atoms with Crippen molar-refractivity contribution in [3.05, 3.63) is 29.8 Å². The summed E-state index contributed by atoms with van der Waals surface area (Å²) < 4.78 is 5.68. The zero-order chi connectivity index (χ0) is 13.7. The largest absolute Gasteiger partial charge is 0.508 e. The molecule has 1 heterocycles. The number of phenolic OH excluding ortho intramolecular Hbond substituents is 1. The highest BCUT2D eigenvalue weighted by Crippen LogP contribution is 2.27. The van der Waals surface area contributed by atoms with Crippen molar-refractivity contribution in [1.29, 1.82) is 0 Å². The molecule has 3 nitrogen and oxygen atoms in total. The van der Waals surface area contributed by atoms with E-state index >= 15 is 0 Å². The van der Waals surface area contributed by atoms with Gasteiger partial charge >= 0.3 is 0 Å². The molecule has 0 unspecified atom stereocenters. The molecule has 0 aliphatic carbocycles.